The highest BCUT2D eigenvalue weighted by Gasteiger charge is 2.26. The molecule has 1 fully saturated rings. The van der Waals surface area contributed by atoms with E-state index in [9.17, 15) is 0 Å². The van der Waals surface area contributed by atoms with Gasteiger partial charge in [0.05, 0.1) is 0 Å². The van der Waals surface area contributed by atoms with E-state index in [1.54, 1.807) is 0 Å². The number of nitrogens with zero attached hydrogens (tertiary/aromatic N) is 1. The first kappa shape index (κ1) is 13.9. The molecule has 0 aliphatic carbocycles. The number of nitrogens with two attached hydrogens (primary N) is 1. The van der Waals surface area contributed by atoms with Crippen LogP contribution in [0.1, 0.15) is 39.5 Å². The lowest BCUT2D eigenvalue weighted by Crippen LogP contribution is -2.38. The highest BCUT2D eigenvalue weighted by molar-refractivity contribution is 4.81. The molecule has 1 heterocycles. The second kappa shape index (κ2) is 7.25. The molecule has 0 saturated carbocycles. The molecule has 1 saturated heterocycles. The van der Waals surface area contributed by atoms with Crippen molar-refractivity contribution in [3.05, 3.63) is 0 Å². The maximum atomic E-state index is 8.89. The molecule has 2 atom stereocenters. The molecule has 96 valence electrons. The van der Waals surface area contributed by atoms with Gasteiger partial charge in [-0.2, -0.15) is 0 Å². The van der Waals surface area contributed by atoms with Crippen molar-refractivity contribution in [2.24, 2.45) is 17.6 Å². The summed E-state index contributed by atoms with van der Waals surface area (Å²) in [6.45, 7) is 8.01. The quantitative estimate of drug-likeness (QED) is 0.693. The number of hydrogen-bond donors (Lipinski definition) is 2. The van der Waals surface area contributed by atoms with E-state index >= 15 is 0 Å². The first-order valence-electron chi connectivity index (χ1n) is 6.74. The maximum Gasteiger partial charge on any atom is 0.0431 e. The fourth-order valence-corrected chi connectivity index (χ4v) is 2.65. The van der Waals surface area contributed by atoms with Crippen LogP contribution in [0.4, 0.5) is 0 Å². The van der Waals surface area contributed by atoms with Crippen LogP contribution in [0.3, 0.4) is 0 Å². The van der Waals surface area contributed by atoms with Gasteiger partial charge in [0.2, 0.25) is 0 Å². The molecule has 3 N–H and O–H groups in total. The zero-order valence-electron chi connectivity index (χ0n) is 10.9. The second-order valence-corrected chi connectivity index (χ2v) is 5.40. The van der Waals surface area contributed by atoms with Crippen LogP contribution in [0, 0.1) is 11.8 Å². The predicted molar refractivity (Wildman–Crippen MR) is 68.3 cm³/mol. The van der Waals surface area contributed by atoms with Gasteiger partial charge in [-0.1, -0.05) is 13.8 Å². The van der Waals surface area contributed by atoms with E-state index in [0.717, 1.165) is 25.9 Å². The van der Waals surface area contributed by atoms with Crippen LogP contribution >= 0.6 is 0 Å². The third kappa shape index (κ3) is 4.04. The Morgan fingerprint density at radius 2 is 2.19 bits per heavy atom. The minimum absolute atomic E-state index is 0.328. The number of aliphatic hydroxyl groups is 1. The molecule has 16 heavy (non-hydrogen) atoms. The average Bonchev–Trinajstić information content (AvgIpc) is 2.69. The monoisotopic (exact) mass is 228 g/mol. The number of aliphatic hydroxyl groups excluding tert-OH is 1. The number of likely N-dealkylation sites (tertiary alicyclic amines) is 1. The number of rotatable bonds is 7. The summed E-state index contributed by atoms with van der Waals surface area (Å²) >= 11 is 0. The highest BCUT2D eigenvalue weighted by Crippen LogP contribution is 2.24. The van der Waals surface area contributed by atoms with Gasteiger partial charge in [0.1, 0.15) is 0 Å². The fourth-order valence-electron chi connectivity index (χ4n) is 2.65. The van der Waals surface area contributed by atoms with Gasteiger partial charge in [0.25, 0.3) is 0 Å². The molecule has 3 nitrogen and oxygen atoms in total. The molecular weight excluding hydrogens is 200 g/mol. The Kier molecular flexibility index (Phi) is 6.32. The van der Waals surface area contributed by atoms with Gasteiger partial charge >= 0.3 is 0 Å². The molecule has 1 rings (SSSR count). The van der Waals surface area contributed by atoms with Gasteiger partial charge in [-0.25, -0.2) is 0 Å². The number of hydrogen-bond acceptors (Lipinski definition) is 3. The molecule has 0 radical (unpaired) electrons. The largest absolute Gasteiger partial charge is 0.396 e. The van der Waals surface area contributed by atoms with Crippen molar-refractivity contribution in [3.8, 4) is 0 Å². The molecule has 0 bridgehead atoms. The van der Waals surface area contributed by atoms with Crippen LogP contribution in [0.2, 0.25) is 0 Å². The van der Waals surface area contributed by atoms with Crippen LogP contribution in [0.25, 0.3) is 0 Å². The molecular formula is C13H28N2O. The Bertz CT molecular complexity index is 185. The molecule has 1 aliphatic rings. The van der Waals surface area contributed by atoms with E-state index in [4.69, 9.17) is 10.8 Å². The normalized spacial score (nSPS) is 24.2. The van der Waals surface area contributed by atoms with Crippen molar-refractivity contribution in [2.45, 2.75) is 45.6 Å². The summed E-state index contributed by atoms with van der Waals surface area (Å²) in [5.41, 5.74) is 5.83. The topological polar surface area (TPSA) is 49.5 Å². The SMILES string of the molecule is CC(C)C(CN)CN1CCCC1CCCO. The Hall–Kier alpha value is -0.120. The molecule has 0 aromatic heterocycles. The second-order valence-electron chi connectivity index (χ2n) is 5.40. The minimum Gasteiger partial charge on any atom is -0.396 e. The summed E-state index contributed by atoms with van der Waals surface area (Å²) in [4.78, 5) is 2.59. The van der Waals surface area contributed by atoms with Gasteiger partial charge in [-0.3, -0.25) is 0 Å². The lowest BCUT2D eigenvalue weighted by molar-refractivity contribution is 0.174. The van der Waals surface area contributed by atoms with Crippen LogP contribution in [0.15, 0.2) is 0 Å². The van der Waals surface area contributed by atoms with Gasteiger partial charge in [0.15, 0.2) is 0 Å². The molecule has 0 aromatic rings. The highest BCUT2D eigenvalue weighted by atomic mass is 16.2. The Balaban J connectivity index is 2.38. The van der Waals surface area contributed by atoms with Crippen LogP contribution in [0.5, 0.6) is 0 Å². The Morgan fingerprint density at radius 1 is 1.44 bits per heavy atom. The van der Waals surface area contributed by atoms with Crippen LogP contribution < -0.4 is 5.73 Å². The van der Waals surface area contributed by atoms with E-state index in [1.807, 2.05) is 0 Å². The maximum absolute atomic E-state index is 8.89. The molecule has 0 amide bonds. The van der Waals surface area contributed by atoms with Crippen molar-refractivity contribution < 1.29 is 5.11 Å². The van der Waals surface area contributed by atoms with E-state index in [1.165, 1.54) is 19.4 Å². The summed E-state index contributed by atoms with van der Waals surface area (Å²) in [6.07, 6.45) is 4.70. The lowest BCUT2D eigenvalue weighted by Gasteiger charge is -2.30. The van der Waals surface area contributed by atoms with Crippen LogP contribution in [-0.2, 0) is 0 Å². The van der Waals surface area contributed by atoms with Crippen molar-refractivity contribution in [1.29, 1.82) is 0 Å². The zero-order chi connectivity index (χ0) is 12.0. The summed E-state index contributed by atoms with van der Waals surface area (Å²) in [5, 5.41) is 8.89. The summed E-state index contributed by atoms with van der Waals surface area (Å²) in [6, 6.07) is 0.694. The smallest absolute Gasteiger partial charge is 0.0431 e. The average molecular weight is 228 g/mol. The van der Waals surface area contributed by atoms with Crippen molar-refractivity contribution in [1.82, 2.24) is 4.90 Å². The van der Waals surface area contributed by atoms with Gasteiger partial charge in [0, 0.05) is 19.2 Å². The molecule has 0 aromatic carbocycles. The van der Waals surface area contributed by atoms with E-state index in [-0.39, 0.29) is 0 Å². The molecule has 1 aliphatic heterocycles. The Morgan fingerprint density at radius 3 is 2.75 bits per heavy atom. The third-order valence-electron chi connectivity index (χ3n) is 3.91. The van der Waals surface area contributed by atoms with E-state index < -0.39 is 0 Å². The minimum atomic E-state index is 0.328. The van der Waals surface area contributed by atoms with Crippen molar-refractivity contribution >= 4 is 0 Å². The van der Waals surface area contributed by atoms with Gasteiger partial charge in [-0.15, -0.1) is 0 Å². The molecule has 3 heteroatoms. The van der Waals surface area contributed by atoms with E-state index in [0.29, 0.717) is 24.5 Å². The van der Waals surface area contributed by atoms with Crippen molar-refractivity contribution in [2.75, 3.05) is 26.2 Å². The molecule has 0 spiro atoms. The lowest BCUT2D eigenvalue weighted by atomic mass is 9.95. The van der Waals surface area contributed by atoms with Crippen molar-refractivity contribution in [3.63, 3.8) is 0 Å². The van der Waals surface area contributed by atoms with Gasteiger partial charge in [-0.05, 0) is 50.6 Å². The van der Waals surface area contributed by atoms with E-state index in [2.05, 4.69) is 18.7 Å². The first-order valence-corrected chi connectivity index (χ1v) is 6.74. The fraction of sp³-hybridized carbons (Fsp3) is 1.00. The summed E-state index contributed by atoms with van der Waals surface area (Å²) < 4.78 is 0. The zero-order valence-corrected chi connectivity index (χ0v) is 10.9. The first-order chi connectivity index (χ1) is 7.69. The Labute approximate surface area is 100 Å². The summed E-state index contributed by atoms with van der Waals surface area (Å²) in [7, 11) is 0. The predicted octanol–water partition coefficient (Wildman–Crippen LogP) is 1.45. The third-order valence-corrected chi connectivity index (χ3v) is 3.91. The summed E-state index contributed by atoms with van der Waals surface area (Å²) in [5.74, 6) is 1.29. The van der Waals surface area contributed by atoms with Gasteiger partial charge < -0.3 is 15.7 Å². The van der Waals surface area contributed by atoms with Crippen LogP contribution in [-0.4, -0.2) is 42.3 Å². The molecule has 2 unspecified atom stereocenters. The standard InChI is InChI=1S/C13H28N2O/c1-11(2)12(9-14)10-15-7-3-5-13(15)6-4-8-16/h11-13,16H,3-10,14H2,1-2H3.